The van der Waals surface area contributed by atoms with Crippen LogP contribution in [0.15, 0.2) is 11.0 Å². The van der Waals surface area contributed by atoms with E-state index in [1.807, 2.05) is 19.0 Å². The summed E-state index contributed by atoms with van der Waals surface area (Å²) in [5.41, 5.74) is 0.280. The normalized spacial score (nSPS) is 11.3. The smallest absolute Gasteiger partial charge is 0.269 e. The molecule has 1 aromatic carbocycles. The zero-order valence-corrected chi connectivity index (χ0v) is 14.7. The lowest BCUT2D eigenvalue weighted by molar-refractivity contribution is 0.0959. The third kappa shape index (κ3) is 4.11. The van der Waals surface area contributed by atoms with Crippen molar-refractivity contribution < 1.29 is 19.7 Å². The van der Waals surface area contributed by atoms with E-state index in [1.54, 1.807) is 0 Å². The number of phenolic OH excluding ortho intramolecular Hbond substituents is 2. The number of phenols is 2. The fraction of sp³-hybridized carbons (Fsp3) is 0.467. The molecule has 0 spiro atoms. The molecule has 0 saturated carbocycles. The highest BCUT2D eigenvalue weighted by atomic mass is 32.2. The summed E-state index contributed by atoms with van der Waals surface area (Å²) in [6.07, 6.45) is 0. The molecule has 0 aliphatic carbocycles. The number of nitrogens with zero attached hydrogens (tertiary/aromatic N) is 2. The maximum absolute atomic E-state index is 11.8. The molecule has 9 heteroatoms. The topological polar surface area (TPSA) is 111 Å². The van der Waals surface area contributed by atoms with E-state index in [4.69, 9.17) is 4.74 Å². The molecular formula is C15H22N4O4S. The van der Waals surface area contributed by atoms with Crippen LogP contribution in [0, 0.1) is 0 Å². The van der Waals surface area contributed by atoms with Gasteiger partial charge in [-0.15, -0.1) is 11.8 Å². The number of ether oxygens (including phenoxy) is 1. The number of aromatic nitrogens is 2. The van der Waals surface area contributed by atoms with Gasteiger partial charge in [-0.05, 0) is 20.2 Å². The van der Waals surface area contributed by atoms with Gasteiger partial charge in [-0.3, -0.25) is 9.89 Å². The lowest BCUT2D eigenvalue weighted by atomic mass is 10.1. The number of aromatic hydroxyl groups is 2. The largest absolute Gasteiger partial charge is 0.506 e. The minimum absolute atomic E-state index is 0.0755. The summed E-state index contributed by atoms with van der Waals surface area (Å²) < 4.78 is 5.50. The molecule has 0 aliphatic heterocycles. The Morgan fingerprint density at radius 3 is 2.83 bits per heavy atom. The molecule has 2 rings (SSSR count). The predicted molar refractivity (Wildman–Crippen MR) is 92.9 cm³/mol. The number of nitrogens with one attached hydrogen (secondary N) is 2. The molecule has 0 fully saturated rings. The Morgan fingerprint density at radius 2 is 2.17 bits per heavy atom. The standard InChI is InChI=1S/C15H22N4O4S/c1-16-15(22)13-11-12(17-18-13)9(20)8-10(14(11)21)24-7-6-23-5-4-19(2)3/h8,20-21H,4-7H2,1-3H3,(H,16,22)(H,17,18). The van der Waals surface area contributed by atoms with Gasteiger partial charge in [0, 0.05) is 19.3 Å². The Balaban J connectivity index is 2.10. The average Bonchev–Trinajstić information content (AvgIpc) is 2.99. The van der Waals surface area contributed by atoms with E-state index in [1.165, 1.54) is 24.9 Å². The van der Waals surface area contributed by atoms with Crippen LogP contribution in [-0.2, 0) is 4.74 Å². The van der Waals surface area contributed by atoms with Crippen LogP contribution in [0.1, 0.15) is 10.5 Å². The summed E-state index contributed by atoms with van der Waals surface area (Å²) in [5.74, 6) is 0.0269. The number of carbonyl (C=O) groups is 1. The Morgan fingerprint density at radius 1 is 1.42 bits per heavy atom. The van der Waals surface area contributed by atoms with Crippen LogP contribution in [0.25, 0.3) is 10.9 Å². The molecule has 0 radical (unpaired) electrons. The number of amides is 1. The number of fused-ring (bicyclic) bond motifs is 1. The molecule has 2 aromatic rings. The van der Waals surface area contributed by atoms with Gasteiger partial charge in [0.2, 0.25) is 0 Å². The molecule has 24 heavy (non-hydrogen) atoms. The second-order valence-electron chi connectivity index (χ2n) is 5.41. The first-order chi connectivity index (χ1) is 11.5. The van der Waals surface area contributed by atoms with Crippen molar-refractivity contribution in [1.82, 2.24) is 20.4 Å². The van der Waals surface area contributed by atoms with E-state index in [9.17, 15) is 15.0 Å². The number of hydrogen-bond acceptors (Lipinski definition) is 7. The van der Waals surface area contributed by atoms with E-state index in [0.717, 1.165) is 6.54 Å². The predicted octanol–water partition coefficient (Wildman–Crippen LogP) is 1.00. The number of rotatable bonds is 8. The minimum Gasteiger partial charge on any atom is -0.506 e. The number of hydrogen-bond donors (Lipinski definition) is 4. The molecule has 1 aromatic heterocycles. The first-order valence-electron chi connectivity index (χ1n) is 7.46. The van der Waals surface area contributed by atoms with Crippen LogP contribution in [-0.4, -0.2) is 77.9 Å². The molecule has 0 unspecified atom stereocenters. The van der Waals surface area contributed by atoms with Gasteiger partial charge in [0.1, 0.15) is 22.7 Å². The highest BCUT2D eigenvalue weighted by Crippen LogP contribution is 2.40. The van der Waals surface area contributed by atoms with E-state index in [2.05, 4.69) is 15.5 Å². The van der Waals surface area contributed by atoms with E-state index >= 15 is 0 Å². The third-order valence-corrected chi connectivity index (χ3v) is 4.36. The van der Waals surface area contributed by atoms with Crippen LogP contribution in [0.5, 0.6) is 11.5 Å². The second kappa shape index (κ2) is 8.22. The second-order valence-corrected chi connectivity index (χ2v) is 6.54. The lowest BCUT2D eigenvalue weighted by Crippen LogP contribution is -2.18. The fourth-order valence-electron chi connectivity index (χ4n) is 2.10. The van der Waals surface area contributed by atoms with Crippen LogP contribution in [0.3, 0.4) is 0 Å². The summed E-state index contributed by atoms with van der Waals surface area (Å²) in [5, 5.41) is 29.6. The van der Waals surface area contributed by atoms with Crippen molar-refractivity contribution in [3.05, 3.63) is 11.8 Å². The number of benzene rings is 1. The molecule has 0 saturated heterocycles. The number of aromatic amines is 1. The fourth-order valence-corrected chi connectivity index (χ4v) is 2.96. The number of thioether (sulfide) groups is 1. The van der Waals surface area contributed by atoms with Crippen molar-refractivity contribution in [2.75, 3.05) is 46.7 Å². The van der Waals surface area contributed by atoms with Crippen molar-refractivity contribution in [3.8, 4) is 11.5 Å². The van der Waals surface area contributed by atoms with E-state index < -0.39 is 5.91 Å². The van der Waals surface area contributed by atoms with Crippen molar-refractivity contribution in [3.63, 3.8) is 0 Å². The van der Waals surface area contributed by atoms with Gasteiger partial charge in [0.25, 0.3) is 5.91 Å². The van der Waals surface area contributed by atoms with Gasteiger partial charge in [-0.2, -0.15) is 5.10 Å². The van der Waals surface area contributed by atoms with Crippen LogP contribution in [0.2, 0.25) is 0 Å². The highest BCUT2D eigenvalue weighted by Gasteiger charge is 2.21. The maximum Gasteiger partial charge on any atom is 0.269 e. The first kappa shape index (κ1) is 18.4. The first-order valence-corrected chi connectivity index (χ1v) is 8.44. The van der Waals surface area contributed by atoms with Crippen LogP contribution < -0.4 is 5.32 Å². The zero-order valence-electron chi connectivity index (χ0n) is 13.9. The summed E-state index contributed by atoms with van der Waals surface area (Å²) in [6.45, 7) is 1.99. The van der Waals surface area contributed by atoms with Gasteiger partial charge in [0.05, 0.1) is 23.5 Å². The Labute approximate surface area is 144 Å². The van der Waals surface area contributed by atoms with Crippen molar-refractivity contribution in [2.24, 2.45) is 0 Å². The maximum atomic E-state index is 11.8. The molecule has 1 amide bonds. The highest BCUT2D eigenvalue weighted by molar-refractivity contribution is 7.99. The molecule has 132 valence electrons. The molecule has 4 N–H and O–H groups in total. The quantitative estimate of drug-likeness (QED) is 0.318. The summed E-state index contributed by atoms with van der Waals surface area (Å²) >= 11 is 1.34. The number of H-pyrrole nitrogens is 1. The Bertz CT molecular complexity index is 717. The van der Waals surface area contributed by atoms with Gasteiger partial charge in [-0.1, -0.05) is 0 Å². The summed E-state index contributed by atoms with van der Waals surface area (Å²) in [4.78, 5) is 14.4. The molecule has 0 atom stereocenters. The van der Waals surface area contributed by atoms with Crippen molar-refractivity contribution in [1.29, 1.82) is 0 Å². The van der Waals surface area contributed by atoms with Crippen LogP contribution >= 0.6 is 11.8 Å². The van der Waals surface area contributed by atoms with E-state index in [0.29, 0.717) is 23.9 Å². The molecule has 0 bridgehead atoms. The zero-order chi connectivity index (χ0) is 17.7. The van der Waals surface area contributed by atoms with Gasteiger partial charge in [-0.25, -0.2) is 0 Å². The molecule has 0 aliphatic rings. The van der Waals surface area contributed by atoms with Gasteiger partial charge >= 0.3 is 0 Å². The van der Waals surface area contributed by atoms with Crippen molar-refractivity contribution >= 4 is 28.6 Å². The summed E-state index contributed by atoms with van der Waals surface area (Å²) in [7, 11) is 5.43. The van der Waals surface area contributed by atoms with Gasteiger partial charge in [0.15, 0.2) is 0 Å². The molecule has 1 heterocycles. The lowest BCUT2D eigenvalue weighted by Gasteiger charge is -2.10. The number of likely N-dealkylation sites (N-methyl/N-ethyl adjacent to an activating group) is 1. The van der Waals surface area contributed by atoms with E-state index in [-0.39, 0.29) is 28.1 Å². The van der Waals surface area contributed by atoms with Crippen LogP contribution in [0.4, 0.5) is 0 Å². The third-order valence-electron chi connectivity index (χ3n) is 3.37. The summed E-state index contributed by atoms with van der Waals surface area (Å²) in [6, 6.07) is 1.44. The molecule has 8 nitrogen and oxygen atoms in total. The average molecular weight is 354 g/mol. The minimum atomic E-state index is -0.415. The van der Waals surface area contributed by atoms with Gasteiger partial charge < -0.3 is 25.2 Å². The van der Waals surface area contributed by atoms with Crippen molar-refractivity contribution in [2.45, 2.75) is 4.90 Å². The Kier molecular flexibility index (Phi) is 6.29. The Hall–Kier alpha value is -1.97. The SMILES string of the molecule is CNC(=O)c1[nH]nc2c(O)cc(SCCOCCN(C)C)c(O)c12. The monoisotopic (exact) mass is 354 g/mol. The molecular weight excluding hydrogens is 332 g/mol. The number of carbonyl (C=O) groups excluding carboxylic acids is 1.